The molecule has 1 aromatic rings. The molecule has 0 fully saturated rings. The second kappa shape index (κ2) is 4.67. The van der Waals surface area contributed by atoms with Crippen molar-refractivity contribution in [3.05, 3.63) is 29.8 Å². The lowest BCUT2D eigenvalue weighted by Crippen LogP contribution is -2.43. The summed E-state index contributed by atoms with van der Waals surface area (Å²) in [6.07, 6.45) is 3.60. The predicted octanol–water partition coefficient (Wildman–Crippen LogP) is 2.18. The molecule has 1 aliphatic heterocycles. The Kier molecular flexibility index (Phi) is 3.27. The van der Waals surface area contributed by atoms with Gasteiger partial charge in [0.1, 0.15) is 0 Å². The molecule has 0 aliphatic carbocycles. The van der Waals surface area contributed by atoms with Crippen LogP contribution in [0.5, 0.6) is 0 Å². The fourth-order valence-corrected chi connectivity index (χ4v) is 2.46. The Morgan fingerprint density at radius 2 is 2.20 bits per heavy atom. The van der Waals surface area contributed by atoms with Crippen molar-refractivity contribution in [2.24, 2.45) is 5.73 Å². The Morgan fingerprint density at radius 3 is 2.93 bits per heavy atom. The summed E-state index contributed by atoms with van der Waals surface area (Å²) in [5.74, 6) is 0. The number of nitrogens with two attached hydrogens (primary N) is 1. The second-order valence-electron chi connectivity index (χ2n) is 4.22. The third-order valence-electron chi connectivity index (χ3n) is 3.33. The molecule has 2 rings (SSSR count). The summed E-state index contributed by atoms with van der Waals surface area (Å²) in [6, 6.07) is 9.23. The summed E-state index contributed by atoms with van der Waals surface area (Å²) in [4.78, 5) is 2.48. The predicted molar refractivity (Wildman–Crippen MR) is 65.2 cm³/mol. The highest BCUT2D eigenvalue weighted by Crippen LogP contribution is 2.28. The van der Waals surface area contributed by atoms with Crippen LogP contribution in [0.25, 0.3) is 0 Å². The largest absolute Gasteiger partial charge is 0.367 e. The van der Waals surface area contributed by atoms with Crippen molar-refractivity contribution in [1.82, 2.24) is 0 Å². The Labute approximate surface area is 92.1 Å². The first kappa shape index (κ1) is 10.5. The molecule has 0 bridgehead atoms. The molecule has 82 valence electrons. The van der Waals surface area contributed by atoms with Crippen molar-refractivity contribution in [3.63, 3.8) is 0 Å². The van der Waals surface area contributed by atoms with Gasteiger partial charge in [0.2, 0.25) is 0 Å². The highest BCUT2D eigenvalue weighted by atomic mass is 15.2. The van der Waals surface area contributed by atoms with Crippen LogP contribution < -0.4 is 10.6 Å². The summed E-state index contributed by atoms with van der Waals surface area (Å²) in [7, 11) is 0. The topological polar surface area (TPSA) is 29.3 Å². The van der Waals surface area contributed by atoms with E-state index >= 15 is 0 Å². The van der Waals surface area contributed by atoms with Crippen LogP contribution in [0.2, 0.25) is 0 Å². The van der Waals surface area contributed by atoms with E-state index in [-0.39, 0.29) is 0 Å². The number of anilines is 1. The molecule has 0 amide bonds. The van der Waals surface area contributed by atoms with Crippen LogP contribution >= 0.6 is 0 Å². The number of rotatable bonds is 3. The minimum atomic E-state index is 0.506. The normalized spacial score (nSPS) is 17.3. The smallest absolute Gasteiger partial charge is 0.0409 e. The molecule has 0 saturated carbocycles. The van der Waals surface area contributed by atoms with Gasteiger partial charge in [0.25, 0.3) is 0 Å². The number of para-hydroxylation sites is 1. The maximum atomic E-state index is 5.83. The monoisotopic (exact) mass is 204 g/mol. The highest BCUT2D eigenvalue weighted by molar-refractivity contribution is 5.56. The van der Waals surface area contributed by atoms with Crippen LogP contribution in [0.3, 0.4) is 0 Å². The summed E-state index contributed by atoms with van der Waals surface area (Å²) >= 11 is 0. The standard InChI is InChI=1S/C13H20N2/c1-2-12(10-14)15-9-5-7-11-6-3-4-8-13(11)15/h3-4,6,8,12H,2,5,7,9-10,14H2,1H3. The van der Waals surface area contributed by atoms with Gasteiger partial charge < -0.3 is 10.6 Å². The van der Waals surface area contributed by atoms with Gasteiger partial charge in [0, 0.05) is 24.8 Å². The molecule has 15 heavy (non-hydrogen) atoms. The molecule has 0 radical (unpaired) electrons. The van der Waals surface area contributed by atoms with Crippen molar-refractivity contribution in [1.29, 1.82) is 0 Å². The van der Waals surface area contributed by atoms with Crippen molar-refractivity contribution in [2.45, 2.75) is 32.2 Å². The van der Waals surface area contributed by atoms with Gasteiger partial charge in [-0.15, -0.1) is 0 Å². The van der Waals surface area contributed by atoms with Crippen LogP contribution in [-0.4, -0.2) is 19.1 Å². The third-order valence-corrected chi connectivity index (χ3v) is 3.33. The molecular weight excluding hydrogens is 184 g/mol. The molecule has 0 aromatic heterocycles. The van der Waals surface area contributed by atoms with Gasteiger partial charge >= 0.3 is 0 Å². The number of benzene rings is 1. The average Bonchev–Trinajstić information content (AvgIpc) is 2.31. The summed E-state index contributed by atoms with van der Waals surface area (Å²) in [6.45, 7) is 4.13. The molecule has 2 heteroatoms. The van der Waals surface area contributed by atoms with Gasteiger partial charge in [-0.3, -0.25) is 0 Å². The van der Waals surface area contributed by atoms with E-state index in [1.807, 2.05) is 0 Å². The zero-order chi connectivity index (χ0) is 10.7. The Hall–Kier alpha value is -1.02. The van der Waals surface area contributed by atoms with Crippen LogP contribution in [0.15, 0.2) is 24.3 Å². The lowest BCUT2D eigenvalue weighted by molar-refractivity contribution is 0.552. The van der Waals surface area contributed by atoms with E-state index in [1.54, 1.807) is 0 Å². The SMILES string of the molecule is CCC(CN)N1CCCc2ccccc21. The maximum absolute atomic E-state index is 5.83. The highest BCUT2D eigenvalue weighted by Gasteiger charge is 2.21. The molecule has 0 spiro atoms. The van der Waals surface area contributed by atoms with Crippen molar-refractivity contribution in [3.8, 4) is 0 Å². The first-order valence-corrected chi connectivity index (χ1v) is 5.91. The van der Waals surface area contributed by atoms with Crippen molar-refractivity contribution >= 4 is 5.69 Å². The van der Waals surface area contributed by atoms with Gasteiger partial charge in [-0.05, 0) is 30.9 Å². The number of fused-ring (bicyclic) bond motifs is 1. The Morgan fingerprint density at radius 1 is 1.40 bits per heavy atom. The van der Waals surface area contributed by atoms with Crippen LogP contribution in [-0.2, 0) is 6.42 Å². The molecule has 2 N–H and O–H groups in total. The van der Waals surface area contributed by atoms with Crippen LogP contribution in [0.1, 0.15) is 25.3 Å². The first-order chi connectivity index (χ1) is 7.36. The van der Waals surface area contributed by atoms with E-state index in [1.165, 1.54) is 24.1 Å². The van der Waals surface area contributed by atoms with Gasteiger partial charge in [0.15, 0.2) is 0 Å². The second-order valence-corrected chi connectivity index (χ2v) is 4.22. The van der Waals surface area contributed by atoms with E-state index < -0.39 is 0 Å². The summed E-state index contributed by atoms with van der Waals surface area (Å²) in [5, 5.41) is 0. The van der Waals surface area contributed by atoms with Crippen molar-refractivity contribution in [2.75, 3.05) is 18.0 Å². The fraction of sp³-hybridized carbons (Fsp3) is 0.538. The van der Waals surface area contributed by atoms with Crippen LogP contribution in [0, 0.1) is 0 Å². The number of aryl methyl sites for hydroxylation is 1. The van der Waals surface area contributed by atoms with Crippen LogP contribution in [0.4, 0.5) is 5.69 Å². The van der Waals surface area contributed by atoms with E-state index in [0.717, 1.165) is 19.5 Å². The van der Waals surface area contributed by atoms with Gasteiger partial charge in [-0.25, -0.2) is 0 Å². The quantitative estimate of drug-likeness (QED) is 0.817. The lowest BCUT2D eigenvalue weighted by atomic mass is 9.99. The molecule has 1 unspecified atom stereocenters. The molecule has 1 aromatic carbocycles. The van der Waals surface area contributed by atoms with Gasteiger partial charge in [-0.2, -0.15) is 0 Å². The molecular formula is C13H20N2. The van der Waals surface area contributed by atoms with Gasteiger partial charge in [0.05, 0.1) is 0 Å². The summed E-state index contributed by atoms with van der Waals surface area (Å²) in [5.41, 5.74) is 8.72. The van der Waals surface area contributed by atoms with Crippen molar-refractivity contribution < 1.29 is 0 Å². The number of nitrogens with zero attached hydrogens (tertiary/aromatic N) is 1. The lowest BCUT2D eigenvalue weighted by Gasteiger charge is -2.37. The number of hydrogen-bond donors (Lipinski definition) is 1. The van der Waals surface area contributed by atoms with E-state index in [0.29, 0.717) is 6.04 Å². The van der Waals surface area contributed by atoms with E-state index in [4.69, 9.17) is 5.73 Å². The zero-order valence-corrected chi connectivity index (χ0v) is 9.45. The van der Waals surface area contributed by atoms with Gasteiger partial charge in [-0.1, -0.05) is 25.1 Å². The minimum absolute atomic E-state index is 0.506. The third kappa shape index (κ3) is 2.00. The Bertz CT molecular complexity index is 318. The Balaban J connectivity index is 2.28. The zero-order valence-electron chi connectivity index (χ0n) is 9.45. The average molecular weight is 204 g/mol. The van der Waals surface area contributed by atoms with E-state index in [2.05, 4.69) is 36.1 Å². The van der Waals surface area contributed by atoms with E-state index in [9.17, 15) is 0 Å². The minimum Gasteiger partial charge on any atom is -0.367 e. The maximum Gasteiger partial charge on any atom is 0.0409 e. The molecule has 1 heterocycles. The number of hydrogen-bond acceptors (Lipinski definition) is 2. The molecule has 1 aliphatic rings. The molecule has 0 saturated heterocycles. The first-order valence-electron chi connectivity index (χ1n) is 5.91. The molecule has 1 atom stereocenters. The summed E-state index contributed by atoms with van der Waals surface area (Å²) < 4.78 is 0. The molecule has 2 nitrogen and oxygen atoms in total. The fourth-order valence-electron chi connectivity index (χ4n) is 2.46.